The minimum absolute atomic E-state index is 0. The van der Waals surface area contributed by atoms with Crippen molar-refractivity contribution in [2.45, 2.75) is 25.4 Å². The van der Waals surface area contributed by atoms with E-state index in [1.165, 1.54) is 0 Å². The Hall–Kier alpha value is 2.15. The summed E-state index contributed by atoms with van der Waals surface area (Å²) in [6, 6.07) is 0. The maximum atomic E-state index is 11.2. The van der Waals surface area contributed by atoms with Gasteiger partial charge in [0.25, 0.3) is 0 Å². The van der Waals surface area contributed by atoms with Crippen molar-refractivity contribution in [1.29, 1.82) is 0 Å². The van der Waals surface area contributed by atoms with Crippen LogP contribution in [0.1, 0.15) is 25.5 Å². The van der Waals surface area contributed by atoms with E-state index in [1.807, 2.05) is 0 Å². The van der Waals surface area contributed by atoms with Gasteiger partial charge in [-0.15, -0.1) is 0 Å². The summed E-state index contributed by atoms with van der Waals surface area (Å²) >= 11 is 0. The molecule has 0 rings (SSSR count). The Morgan fingerprint density at radius 2 is 1.42 bits per heavy atom. The van der Waals surface area contributed by atoms with Gasteiger partial charge in [0.15, 0.2) is 12.2 Å². The van der Waals surface area contributed by atoms with E-state index in [9.17, 15) is 29.1 Å². The van der Waals surface area contributed by atoms with Crippen LogP contribution in [0.5, 0.6) is 0 Å². The van der Waals surface area contributed by atoms with Gasteiger partial charge in [-0.25, -0.2) is 9.59 Å². The number of esters is 3. The van der Waals surface area contributed by atoms with Gasteiger partial charge >= 0.3 is 170 Å². The first-order valence-corrected chi connectivity index (χ1v) is 5.11. The molecule has 0 aliphatic carbocycles. The Labute approximate surface area is 252 Å². The van der Waals surface area contributed by atoms with Crippen LogP contribution in [-0.2, 0) is 33.4 Å². The van der Waals surface area contributed by atoms with E-state index >= 15 is 0 Å². The Morgan fingerprint density at radius 3 is 1.75 bits per heavy atom. The average molecular weight is 404 g/mol. The normalized spacial score (nSPS) is 10.8. The van der Waals surface area contributed by atoms with E-state index in [1.54, 1.807) is 0 Å². The third kappa shape index (κ3) is 17.6. The van der Waals surface area contributed by atoms with Crippen molar-refractivity contribution in [3.63, 3.8) is 0 Å². The van der Waals surface area contributed by atoms with Crippen LogP contribution in [0.15, 0.2) is 0 Å². The summed E-state index contributed by atoms with van der Waals surface area (Å²) in [5.41, 5.74) is -2.85. The zero-order chi connectivity index (χ0) is 15.9. The minimum Gasteiger partial charge on any atom is -1.00 e. The predicted octanol–water partition coefficient (Wildman–Crippen LogP) is -13.2. The molecule has 0 heterocycles. The Morgan fingerprint density at radius 1 is 0.958 bits per heavy atom. The molecule has 0 aliphatic rings. The SMILES string of the molecule is CC(=O)OC(=O)COC(=O)CC(O)(CC(=O)O)C(=O)O.[H-].[H-].[H-].[H-].[K+].[Na+].[Na+].[Na+]. The van der Waals surface area contributed by atoms with Crippen LogP contribution in [0.3, 0.4) is 0 Å². The van der Waals surface area contributed by atoms with Gasteiger partial charge in [-0.3, -0.25) is 14.4 Å². The molecule has 0 bridgehead atoms. The Balaban J connectivity index is -0.0000000645. The smallest absolute Gasteiger partial charge is 1.00 e. The predicted molar refractivity (Wildman–Crippen MR) is 61.6 cm³/mol. The molecule has 10 nitrogen and oxygen atoms in total. The second-order valence-corrected chi connectivity index (χ2v) is 3.71. The van der Waals surface area contributed by atoms with Gasteiger partial charge in [-0.05, 0) is 0 Å². The zero-order valence-corrected chi connectivity index (χ0v) is 23.4. The molecular weight excluding hydrogens is 388 g/mol. The molecule has 120 valence electrons. The maximum Gasteiger partial charge on any atom is 1.00 e. The van der Waals surface area contributed by atoms with Crippen LogP contribution in [-0.4, -0.2) is 57.4 Å². The van der Waals surface area contributed by atoms with Crippen molar-refractivity contribution in [1.82, 2.24) is 0 Å². The summed E-state index contributed by atoms with van der Waals surface area (Å²) < 4.78 is 8.26. The quantitative estimate of drug-likeness (QED) is 0.211. The first-order chi connectivity index (χ1) is 9.06. The number of aliphatic carboxylic acids is 2. The molecule has 0 saturated heterocycles. The first-order valence-electron chi connectivity index (χ1n) is 5.11. The van der Waals surface area contributed by atoms with Crippen LogP contribution in [0, 0.1) is 0 Å². The number of aliphatic hydroxyl groups is 1. The van der Waals surface area contributed by atoms with Crippen molar-refractivity contribution >= 4 is 29.8 Å². The molecule has 14 heteroatoms. The number of carbonyl (C=O) groups excluding carboxylic acids is 3. The van der Waals surface area contributed by atoms with Crippen molar-refractivity contribution in [2.75, 3.05) is 6.61 Å². The number of carboxylic acid groups (broad SMARTS) is 2. The number of rotatable bonds is 7. The number of carbonyl (C=O) groups is 5. The molecule has 1 atom stereocenters. The molecule has 0 saturated carbocycles. The largest absolute Gasteiger partial charge is 1.00 e. The van der Waals surface area contributed by atoms with Crippen molar-refractivity contribution < 1.29 is 195 Å². The van der Waals surface area contributed by atoms with Crippen LogP contribution >= 0.6 is 0 Å². The standard InChI is InChI=1S/C10H12O10.K.3Na.4H/c1-5(11)20-8(15)4-19-7(14)3-10(18,9(16)17)2-6(12)13;;;;;;;;/h18H,2-4H2,1H3,(H,12,13)(H,16,17);;;;;;;;/q;4*+1;4*-1. The monoisotopic (exact) mass is 404 g/mol. The molecule has 1 unspecified atom stereocenters. The van der Waals surface area contributed by atoms with Gasteiger partial charge in [-0.2, -0.15) is 0 Å². The second-order valence-electron chi connectivity index (χ2n) is 3.71. The maximum absolute atomic E-state index is 11.2. The molecule has 0 aromatic rings. The van der Waals surface area contributed by atoms with E-state index in [0.717, 1.165) is 6.92 Å². The summed E-state index contributed by atoms with van der Waals surface area (Å²) in [6.07, 6.45) is -2.41. The van der Waals surface area contributed by atoms with Crippen LogP contribution in [0.25, 0.3) is 0 Å². The molecule has 0 spiro atoms. The fraction of sp³-hybridized carbons (Fsp3) is 0.500. The van der Waals surface area contributed by atoms with E-state index in [4.69, 9.17) is 10.2 Å². The number of carboxylic acids is 2. The van der Waals surface area contributed by atoms with Crippen LogP contribution < -0.4 is 140 Å². The molecule has 0 radical (unpaired) electrons. The van der Waals surface area contributed by atoms with Gasteiger partial charge in [0.2, 0.25) is 0 Å². The minimum atomic E-state index is -2.85. The Bertz CT molecular complexity index is 475. The molecule has 0 aromatic carbocycles. The zero-order valence-electron chi connectivity index (χ0n) is 18.3. The van der Waals surface area contributed by atoms with E-state index in [2.05, 4.69) is 9.47 Å². The third-order valence-electron chi connectivity index (χ3n) is 1.89. The third-order valence-corrected chi connectivity index (χ3v) is 1.89. The first kappa shape index (κ1) is 37.0. The number of hydrogen-bond acceptors (Lipinski definition) is 8. The Kier molecular flexibility index (Phi) is 28.5. The summed E-state index contributed by atoms with van der Waals surface area (Å²) in [5.74, 6) is -7.03. The van der Waals surface area contributed by atoms with Crippen molar-refractivity contribution in [3.05, 3.63) is 0 Å². The molecule has 0 aliphatic heterocycles. The van der Waals surface area contributed by atoms with E-state index in [-0.39, 0.29) is 146 Å². The summed E-state index contributed by atoms with van der Waals surface area (Å²) in [5, 5.41) is 26.6. The molecular formula is C10H16KNa3O10. The topological polar surface area (TPSA) is 165 Å². The molecule has 0 fully saturated rings. The van der Waals surface area contributed by atoms with Gasteiger partial charge in [0.1, 0.15) is 0 Å². The van der Waals surface area contributed by atoms with Crippen LogP contribution in [0.2, 0.25) is 0 Å². The van der Waals surface area contributed by atoms with Gasteiger partial charge in [0, 0.05) is 6.92 Å². The van der Waals surface area contributed by atoms with Crippen LogP contribution in [0.4, 0.5) is 0 Å². The summed E-state index contributed by atoms with van der Waals surface area (Å²) in [6.45, 7) is -0.0308. The summed E-state index contributed by atoms with van der Waals surface area (Å²) in [7, 11) is 0. The second kappa shape index (κ2) is 18.5. The molecule has 24 heavy (non-hydrogen) atoms. The van der Waals surface area contributed by atoms with Gasteiger partial charge < -0.3 is 30.5 Å². The van der Waals surface area contributed by atoms with Gasteiger partial charge in [0.05, 0.1) is 12.8 Å². The molecule has 3 N–H and O–H groups in total. The number of ether oxygens (including phenoxy) is 2. The summed E-state index contributed by atoms with van der Waals surface area (Å²) in [4.78, 5) is 53.5. The fourth-order valence-corrected chi connectivity index (χ4v) is 1.08. The van der Waals surface area contributed by atoms with Gasteiger partial charge in [-0.1, -0.05) is 0 Å². The fourth-order valence-electron chi connectivity index (χ4n) is 1.08. The van der Waals surface area contributed by atoms with E-state index in [0.29, 0.717) is 0 Å². The van der Waals surface area contributed by atoms with E-state index < -0.39 is 54.9 Å². The number of hydrogen-bond donors (Lipinski definition) is 3. The average Bonchev–Trinajstić information content (AvgIpc) is 2.23. The van der Waals surface area contributed by atoms with Crippen molar-refractivity contribution in [3.8, 4) is 0 Å². The molecule has 0 aromatic heterocycles. The van der Waals surface area contributed by atoms with Crippen molar-refractivity contribution in [2.24, 2.45) is 0 Å². The molecule has 0 amide bonds.